The monoisotopic (exact) mass is 371 g/mol. The van der Waals surface area contributed by atoms with Crippen LogP contribution in [0.1, 0.15) is 26.3 Å². The van der Waals surface area contributed by atoms with Gasteiger partial charge in [0.15, 0.2) is 0 Å². The first-order chi connectivity index (χ1) is 12.6. The zero-order chi connectivity index (χ0) is 20.2. The van der Waals surface area contributed by atoms with Gasteiger partial charge in [-0.25, -0.2) is 9.18 Å². The average molecular weight is 371 g/mol. The second kappa shape index (κ2) is 8.04. The molecule has 7 heteroatoms. The van der Waals surface area contributed by atoms with Crippen LogP contribution in [0.2, 0.25) is 0 Å². The predicted molar refractivity (Wildman–Crippen MR) is 99.6 cm³/mol. The van der Waals surface area contributed by atoms with Gasteiger partial charge < -0.3 is 14.6 Å². The van der Waals surface area contributed by atoms with Gasteiger partial charge in [-0.3, -0.25) is 4.79 Å². The first kappa shape index (κ1) is 20.2. The predicted octanol–water partition coefficient (Wildman–Crippen LogP) is 3.15. The van der Waals surface area contributed by atoms with Gasteiger partial charge in [0, 0.05) is 25.7 Å². The molecule has 27 heavy (non-hydrogen) atoms. The van der Waals surface area contributed by atoms with Crippen molar-refractivity contribution < 1.29 is 13.9 Å². The molecule has 142 valence electrons. The Balaban J connectivity index is 2.14. The highest BCUT2D eigenvalue weighted by molar-refractivity contribution is 5.68. The number of nitriles is 1. The normalized spacial score (nSPS) is 12.1. The Morgan fingerprint density at radius 2 is 1.96 bits per heavy atom. The second-order valence-electron chi connectivity index (χ2n) is 7.21. The molecular formula is C20H22FN3O3. The van der Waals surface area contributed by atoms with Crippen LogP contribution in [-0.4, -0.2) is 22.3 Å². The number of nitrogens with one attached hydrogen (secondary N) is 1. The van der Waals surface area contributed by atoms with Gasteiger partial charge in [0.2, 0.25) is 5.56 Å². The molecule has 0 aliphatic heterocycles. The van der Waals surface area contributed by atoms with E-state index in [4.69, 9.17) is 4.74 Å². The Kier molecular flexibility index (Phi) is 6.01. The number of ether oxygens (including phenoxy) is 1. The summed E-state index contributed by atoms with van der Waals surface area (Å²) in [7, 11) is 1.62. The molecular weight excluding hydrogens is 349 g/mol. The SMILES string of the molecule is Cn1cc(-c2ccc(C[C@@H](C#N)NC(=O)OC(C)(C)C)c(F)c2)ccc1=O. The summed E-state index contributed by atoms with van der Waals surface area (Å²) < 4.78 is 21.0. The third kappa shape index (κ3) is 5.68. The van der Waals surface area contributed by atoms with Gasteiger partial charge in [-0.2, -0.15) is 5.26 Å². The standard InChI is InChI=1S/C20H22FN3O3/c1-20(2,3)27-19(26)23-16(11-22)9-14-6-5-13(10-17(14)21)15-7-8-18(25)24(4)12-15/h5-8,10,12,16H,9H2,1-4H3,(H,23,26)/t16-/m0/s1. The number of nitrogens with zero attached hydrogens (tertiary/aromatic N) is 2. The minimum absolute atomic E-state index is 0.00906. The number of aryl methyl sites for hydroxylation is 1. The maximum Gasteiger partial charge on any atom is 0.408 e. The molecule has 6 nitrogen and oxygen atoms in total. The summed E-state index contributed by atoms with van der Waals surface area (Å²) in [5.41, 5.74) is 0.770. The minimum Gasteiger partial charge on any atom is -0.444 e. The molecule has 0 aliphatic rings. The number of carbonyl (C=O) groups is 1. The molecule has 0 unspecified atom stereocenters. The lowest BCUT2D eigenvalue weighted by Crippen LogP contribution is -2.39. The molecule has 0 radical (unpaired) electrons. The summed E-state index contributed by atoms with van der Waals surface area (Å²) in [6.45, 7) is 5.14. The number of hydrogen-bond acceptors (Lipinski definition) is 4. The van der Waals surface area contributed by atoms with Crippen molar-refractivity contribution in [3.05, 3.63) is 58.3 Å². The smallest absolute Gasteiger partial charge is 0.408 e. The Hall–Kier alpha value is -3.14. The van der Waals surface area contributed by atoms with E-state index in [9.17, 15) is 19.2 Å². The van der Waals surface area contributed by atoms with Crippen molar-refractivity contribution in [3.63, 3.8) is 0 Å². The maximum absolute atomic E-state index is 14.5. The number of halogens is 1. The summed E-state index contributed by atoms with van der Waals surface area (Å²) in [5.74, 6) is -0.493. The topological polar surface area (TPSA) is 84.1 Å². The van der Waals surface area contributed by atoms with Crippen molar-refractivity contribution in [2.75, 3.05) is 0 Å². The van der Waals surface area contributed by atoms with Gasteiger partial charge in [-0.1, -0.05) is 12.1 Å². The molecule has 0 saturated carbocycles. The number of carbonyl (C=O) groups excluding carboxylic acids is 1. The van der Waals surface area contributed by atoms with Crippen molar-refractivity contribution in [1.82, 2.24) is 9.88 Å². The van der Waals surface area contributed by atoms with Gasteiger partial charge in [-0.15, -0.1) is 0 Å². The molecule has 1 heterocycles. The first-order valence-electron chi connectivity index (χ1n) is 8.43. The summed E-state index contributed by atoms with van der Waals surface area (Å²) in [5, 5.41) is 11.7. The Morgan fingerprint density at radius 1 is 1.30 bits per heavy atom. The molecule has 1 N–H and O–H groups in total. The zero-order valence-electron chi connectivity index (χ0n) is 15.7. The number of pyridine rings is 1. The summed E-state index contributed by atoms with van der Waals surface area (Å²) in [4.78, 5) is 23.3. The highest BCUT2D eigenvalue weighted by Gasteiger charge is 2.20. The summed E-state index contributed by atoms with van der Waals surface area (Å²) in [6.07, 6.45) is 0.907. The average Bonchev–Trinajstić information content (AvgIpc) is 2.56. The van der Waals surface area contributed by atoms with Crippen LogP contribution in [0.25, 0.3) is 11.1 Å². The van der Waals surface area contributed by atoms with Crippen LogP contribution in [0.15, 0.2) is 41.3 Å². The molecule has 0 aliphatic carbocycles. The molecule has 1 aromatic carbocycles. The molecule has 1 atom stereocenters. The van der Waals surface area contributed by atoms with Gasteiger partial charge in [0.25, 0.3) is 0 Å². The van der Waals surface area contributed by atoms with Crippen molar-refractivity contribution in [2.24, 2.45) is 7.05 Å². The van der Waals surface area contributed by atoms with E-state index in [1.54, 1.807) is 52.2 Å². The molecule has 2 aromatic rings. The molecule has 2 rings (SSSR count). The Morgan fingerprint density at radius 3 is 2.52 bits per heavy atom. The first-order valence-corrected chi connectivity index (χ1v) is 8.43. The van der Waals surface area contributed by atoms with Gasteiger partial charge in [0.05, 0.1) is 6.07 Å². The largest absolute Gasteiger partial charge is 0.444 e. The zero-order valence-corrected chi connectivity index (χ0v) is 15.7. The highest BCUT2D eigenvalue weighted by atomic mass is 19.1. The molecule has 1 aromatic heterocycles. The number of alkyl carbamates (subject to hydrolysis) is 1. The summed E-state index contributed by atoms with van der Waals surface area (Å²) in [6, 6.07) is 8.68. The van der Waals surface area contributed by atoms with Crippen LogP contribution in [0.4, 0.5) is 9.18 Å². The lowest BCUT2D eigenvalue weighted by molar-refractivity contribution is 0.0515. The molecule has 0 spiro atoms. The lowest BCUT2D eigenvalue weighted by Gasteiger charge is -2.21. The van der Waals surface area contributed by atoms with Crippen LogP contribution in [0.5, 0.6) is 0 Å². The van der Waals surface area contributed by atoms with E-state index < -0.39 is 23.6 Å². The number of aromatic nitrogens is 1. The lowest BCUT2D eigenvalue weighted by atomic mass is 10.0. The number of amides is 1. The third-order valence-corrected chi connectivity index (χ3v) is 3.74. The minimum atomic E-state index is -0.919. The van der Waals surface area contributed by atoms with E-state index in [0.29, 0.717) is 16.7 Å². The third-order valence-electron chi connectivity index (χ3n) is 3.74. The van der Waals surface area contributed by atoms with E-state index in [-0.39, 0.29) is 12.0 Å². The van der Waals surface area contributed by atoms with E-state index >= 15 is 0 Å². The van der Waals surface area contributed by atoms with Crippen molar-refractivity contribution in [2.45, 2.75) is 38.8 Å². The van der Waals surface area contributed by atoms with Crippen LogP contribution in [-0.2, 0) is 18.2 Å². The molecule has 1 amide bonds. The van der Waals surface area contributed by atoms with E-state index in [2.05, 4.69) is 5.32 Å². The second-order valence-corrected chi connectivity index (χ2v) is 7.21. The van der Waals surface area contributed by atoms with Crippen LogP contribution in [0.3, 0.4) is 0 Å². The van der Waals surface area contributed by atoms with Crippen molar-refractivity contribution >= 4 is 6.09 Å². The fraction of sp³-hybridized carbons (Fsp3) is 0.350. The number of rotatable bonds is 4. The van der Waals surface area contributed by atoms with Crippen LogP contribution >= 0.6 is 0 Å². The number of benzene rings is 1. The van der Waals surface area contributed by atoms with Crippen molar-refractivity contribution in [1.29, 1.82) is 5.26 Å². The fourth-order valence-electron chi connectivity index (χ4n) is 2.46. The summed E-state index contributed by atoms with van der Waals surface area (Å²) >= 11 is 0. The van der Waals surface area contributed by atoms with Crippen molar-refractivity contribution in [3.8, 4) is 17.2 Å². The Bertz CT molecular complexity index is 939. The van der Waals surface area contributed by atoms with Crippen LogP contribution in [0, 0.1) is 17.1 Å². The van der Waals surface area contributed by atoms with E-state index in [1.807, 2.05) is 6.07 Å². The van der Waals surface area contributed by atoms with E-state index in [0.717, 1.165) is 0 Å². The Labute approximate surface area is 157 Å². The van der Waals surface area contributed by atoms with Gasteiger partial charge in [0.1, 0.15) is 17.5 Å². The molecule has 0 bridgehead atoms. The molecule has 0 saturated heterocycles. The highest BCUT2D eigenvalue weighted by Crippen LogP contribution is 2.22. The van der Waals surface area contributed by atoms with Gasteiger partial charge in [-0.05, 0) is 49.6 Å². The maximum atomic E-state index is 14.5. The quantitative estimate of drug-likeness (QED) is 0.895. The number of hydrogen-bond donors (Lipinski definition) is 1. The molecule has 0 fully saturated rings. The van der Waals surface area contributed by atoms with Crippen LogP contribution < -0.4 is 10.9 Å². The van der Waals surface area contributed by atoms with Gasteiger partial charge >= 0.3 is 6.09 Å². The van der Waals surface area contributed by atoms with E-state index in [1.165, 1.54) is 16.7 Å². The fourth-order valence-corrected chi connectivity index (χ4v) is 2.46.